The lowest BCUT2D eigenvalue weighted by molar-refractivity contribution is -0.385. The summed E-state index contributed by atoms with van der Waals surface area (Å²) in [4.78, 5) is 46.2. The van der Waals surface area contributed by atoms with Crippen LogP contribution in [0, 0.1) is 20.2 Å². The molecule has 0 bridgehead atoms. The Hall–Kier alpha value is -4.51. The van der Waals surface area contributed by atoms with Gasteiger partial charge in [0.15, 0.2) is 12.4 Å². The van der Waals surface area contributed by atoms with Crippen molar-refractivity contribution < 1.29 is 28.9 Å². The van der Waals surface area contributed by atoms with Gasteiger partial charge in [-0.1, -0.05) is 54.1 Å². The van der Waals surface area contributed by atoms with Gasteiger partial charge in [0.2, 0.25) is 6.10 Å². The maximum Gasteiger partial charge on any atom is 0.345 e. The molecule has 12 heteroatoms. The van der Waals surface area contributed by atoms with Crippen LogP contribution in [0.4, 0.5) is 17.1 Å². The quantitative estimate of drug-likeness (QED) is 0.265. The van der Waals surface area contributed by atoms with Crippen molar-refractivity contribution >= 4 is 40.5 Å². The molecule has 0 aliphatic rings. The molecule has 0 aromatic heterocycles. The number of ether oxygens (including phenoxy) is 2. The molecule has 0 fully saturated rings. The lowest BCUT2D eigenvalue weighted by Crippen LogP contribution is -2.28. The summed E-state index contributed by atoms with van der Waals surface area (Å²) in [6, 6.07) is 17.2. The van der Waals surface area contributed by atoms with E-state index in [1.54, 1.807) is 30.3 Å². The molecule has 0 aliphatic heterocycles. The van der Waals surface area contributed by atoms with Gasteiger partial charge in [-0.05, 0) is 18.2 Å². The minimum absolute atomic E-state index is 0.0641. The first-order valence-corrected chi connectivity index (χ1v) is 9.99. The number of hydrogen-bond acceptors (Lipinski definition) is 8. The number of nitrogens with one attached hydrogen (secondary N) is 1. The monoisotopic (exact) mass is 485 g/mol. The summed E-state index contributed by atoms with van der Waals surface area (Å²) in [5, 5.41) is 24.5. The standard InChI is InChI=1S/C22H16ClN3O8/c23-16-11-10-15(12-18(16)26(31)32)24-22(28)21(14-6-2-1-3-7-14)34-20(27)13-33-19-9-5-4-8-17(19)25(29)30/h1-12,21H,13H2,(H,24,28). The van der Waals surface area contributed by atoms with Crippen LogP contribution in [-0.4, -0.2) is 28.3 Å². The van der Waals surface area contributed by atoms with Gasteiger partial charge < -0.3 is 14.8 Å². The Labute approximate surface area is 197 Å². The van der Waals surface area contributed by atoms with Gasteiger partial charge in [0, 0.05) is 23.4 Å². The molecule has 1 amide bonds. The number of para-hydroxylation sites is 2. The normalized spacial score (nSPS) is 11.2. The van der Waals surface area contributed by atoms with Crippen molar-refractivity contribution in [3.05, 3.63) is 104 Å². The van der Waals surface area contributed by atoms with Crippen molar-refractivity contribution in [2.75, 3.05) is 11.9 Å². The van der Waals surface area contributed by atoms with E-state index in [1.807, 2.05) is 0 Å². The van der Waals surface area contributed by atoms with Crippen LogP contribution in [-0.2, 0) is 14.3 Å². The second-order valence-corrected chi connectivity index (χ2v) is 7.11. The molecule has 1 N–H and O–H groups in total. The number of nitro benzene ring substituents is 2. The minimum Gasteiger partial charge on any atom is -0.475 e. The third kappa shape index (κ3) is 6.04. The maximum atomic E-state index is 12.9. The first-order chi connectivity index (χ1) is 16.3. The van der Waals surface area contributed by atoms with E-state index in [-0.39, 0.29) is 22.1 Å². The lowest BCUT2D eigenvalue weighted by atomic mass is 10.1. The number of nitrogens with zero attached hydrogens (tertiary/aromatic N) is 2. The van der Waals surface area contributed by atoms with Crippen molar-refractivity contribution in [2.45, 2.75) is 6.10 Å². The van der Waals surface area contributed by atoms with E-state index in [1.165, 1.54) is 36.4 Å². The molecule has 0 radical (unpaired) electrons. The van der Waals surface area contributed by atoms with Crippen LogP contribution in [0.5, 0.6) is 5.75 Å². The zero-order valence-corrected chi connectivity index (χ0v) is 18.0. The SMILES string of the molecule is O=C(COc1ccccc1[N+](=O)[O-])OC(C(=O)Nc1ccc(Cl)c([N+](=O)[O-])c1)c1ccccc1. The fraction of sp³-hybridized carbons (Fsp3) is 0.0909. The van der Waals surface area contributed by atoms with Crippen molar-refractivity contribution in [2.24, 2.45) is 0 Å². The Bertz CT molecular complexity index is 1240. The fourth-order valence-corrected chi connectivity index (χ4v) is 3.06. The number of nitro groups is 2. The summed E-state index contributed by atoms with van der Waals surface area (Å²) in [5.41, 5.74) is -0.362. The predicted octanol–water partition coefficient (Wildman–Crippen LogP) is 4.46. The van der Waals surface area contributed by atoms with Crippen LogP contribution in [0.15, 0.2) is 72.8 Å². The number of benzene rings is 3. The van der Waals surface area contributed by atoms with E-state index >= 15 is 0 Å². The van der Waals surface area contributed by atoms with E-state index in [0.29, 0.717) is 5.56 Å². The third-order valence-corrected chi connectivity index (χ3v) is 4.73. The summed E-state index contributed by atoms with van der Waals surface area (Å²) >= 11 is 5.79. The smallest absolute Gasteiger partial charge is 0.345 e. The molecule has 3 rings (SSSR count). The first kappa shape index (κ1) is 24.1. The topological polar surface area (TPSA) is 151 Å². The summed E-state index contributed by atoms with van der Waals surface area (Å²) in [6.07, 6.45) is -1.43. The summed E-state index contributed by atoms with van der Waals surface area (Å²) in [6.45, 7) is -0.701. The van der Waals surface area contributed by atoms with E-state index in [0.717, 1.165) is 6.07 Å². The molecular weight excluding hydrogens is 470 g/mol. The number of rotatable bonds is 9. The number of amides is 1. The third-order valence-electron chi connectivity index (χ3n) is 4.41. The van der Waals surface area contributed by atoms with Crippen molar-refractivity contribution in [3.63, 3.8) is 0 Å². The lowest BCUT2D eigenvalue weighted by Gasteiger charge is -2.18. The molecule has 3 aromatic rings. The number of hydrogen-bond donors (Lipinski definition) is 1. The van der Waals surface area contributed by atoms with Crippen LogP contribution < -0.4 is 10.1 Å². The molecule has 0 saturated heterocycles. The van der Waals surface area contributed by atoms with E-state index < -0.39 is 40.1 Å². The van der Waals surface area contributed by atoms with Crippen molar-refractivity contribution in [1.29, 1.82) is 0 Å². The Morgan fingerprint density at radius 3 is 2.24 bits per heavy atom. The minimum atomic E-state index is -1.43. The Morgan fingerprint density at radius 1 is 0.912 bits per heavy atom. The number of halogens is 1. The van der Waals surface area contributed by atoms with Gasteiger partial charge in [-0.3, -0.25) is 25.0 Å². The molecular formula is C22H16ClN3O8. The number of carbonyl (C=O) groups is 2. The Kier molecular flexibility index (Phi) is 7.72. The highest BCUT2D eigenvalue weighted by Gasteiger charge is 2.27. The van der Waals surface area contributed by atoms with E-state index in [2.05, 4.69) is 5.32 Å². The number of anilines is 1. The second-order valence-electron chi connectivity index (χ2n) is 6.71. The predicted molar refractivity (Wildman–Crippen MR) is 121 cm³/mol. The highest BCUT2D eigenvalue weighted by molar-refractivity contribution is 6.32. The van der Waals surface area contributed by atoms with Gasteiger partial charge >= 0.3 is 11.7 Å². The van der Waals surface area contributed by atoms with Gasteiger partial charge in [0.1, 0.15) is 5.02 Å². The maximum absolute atomic E-state index is 12.9. The summed E-state index contributed by atoms with van der Waals surface area (Å²) in [7, 11) is 0. The van der Waals surface area contributed by atoms with Gasteiger partial charge in [0.25, 0.3) is 11.6 Å². The number of carbonyl (C=O) groups excluding carboxylic acids is 2. The molecule has 0 aliphatic carbocycles. The average molecular weight is 486 g/mol. The Balaban J connectivity index is 1.76. The second kappa shape index (κ2) is 10.9. The van der Waals surface area contributed by atoms with E-state index in [9.17, 15) is 29.8 Å². The highest BCUT2D eigenvalue weighted by atomic mass is 35.5. The zero-order chi connectivity index (χ0) is 24.7. The largest absolute Gasteiger partial charge is 0.475 e. The van der Waals surface area contributed by atoms with Crippen LogP contribution in [0.1, 0.15) is 11.7 Å². The molecule has 0 spiro atoms. The van der Waals surface area contributed by atoms with Crippen LogP contribution in [0.25, 0.3) is 0 Å². The van der Waals surface area contributed by atoms with Gasteiger partial charge in [-0.25, -0.2) is 4.79 Å². The molecule has 11 nitrogen and oxygen atoms in total. The number of esters is 1. The summed E-state index contributed by atoms with van der Waals surface area (Å²) in [5.74, 6) is -1.90. The molecule has 174 valence electrons. The average Bonchev–Trinajstić information content (AvgIpc) is 2.82. The van der Waals surface area contributed by atoms with Crippen molar-refractivity contribution in [1.82, 2.24) is 0 Å². The van der Waals surface area contributed by atoms with Crippen LogP contribution >= 0.6 is 11.6 Å². The van der Waals surface area contributed by atoms with Crippen molar-refractivity contribution in [3.8, 4) is 5.75 Å². The first-order valence-electron chi connectivity index (χ1n) is 9.61. The highest BCUT2D eigenvalue weighted by Crippen LogP contribution is 2.29. The molecule has 34 heavy (non-hydrogen) atoms. The van der Waals surface area contributed by atoms with Gasteiger partial charge in [-0.2, -0.15) is 0 Å². The Morgan fingerprint density at radius 2 is 1.56 bits per heavy atom. The van der Waals surface area contributed by atoms with Crippen LogP contribution in [0.2, 0.25) is 5.02 Å². The molecule has 1 unspecified atom stereocenters. The molecule has 0 heterocycles. The molecule has 1 atom stereocenters. The van der Waals surface area contributed by atoms with Gasteiger partial charge in [0.05, 0.1) is 9.85 Å². The zero-order valence-electron chi connectivity index (χ0n) is 17.3. The molecule has 3 aromatic carbocycles. The molecule has 0 saturated carbocycles. The van der Waals surface area contributed by atoms with Crippen LogP contribution in [0.3, 0.4) is 0 Å². The fourth-order valence-electron chi connectivity index (χ4n) is 2.87. The summed E-state index contributed by atoms with van der Waals surface area (Å²) < 4.78 is 10.5. The van der Waals surface area contributed by atoms with Gasteiger partial charge in [-0.15, -0.1) is 0 Å². The van der Waals surface area contributed by atoms with E-state index in [4.69, 9.17) is 21.1 Å².